The van der Waals surface area contributed by atoms with Crippen molar-refractivity contribution in [1.29, 1.82) is 0 Å². The molecule has 0 atom stereocenters. The van der Waals surface area contributed by atoms with E-state index in [1.807, 2.05) is 0 Å². The molecule has 0 spiro atoms. The second kappa shape index (κ2) is 23.3. The molecule has 0 aromatic heterocycles. The molecule has 0 aliphatic rings. The first-order valence-electron chi connectivity index (χ1n) is 17.7. The quantitative estimate of drug-likeness (QED) is 0.0186. The summed E-state index contributed by atoms with van der Waals surface area (Å²) < 4.78 is 38.8. The number of hydrogen-bond donors (Lipinski definition) is 0. The van der Waals surface area contributed by atoms with Crippen molar-refractivity contribution in [1.82, 2.24) is 0 Å². The number of carbonyl (C=O) groups is 4. The molecule has 0 saturated carbocycles. The number of carbonyl (C=O) groups excluding carboxylic acids is 4. The Hall–Kier alpha value is -5.86. The molecular weight excluding hydrogens is 818 g/mol. The molecule has 0 aliphatic carbocycles. The molecule has 4 aromatic carbocycles. The van der Waals surface area contributed by atoms with Gasteiger partial charge in [-0.25, -0.2) is 14.4 Å². The van der Waals surface area contributed by atoms with E-state index in [1.165, 1.54) is 14.2 Å². The summed E-state index contributed by atoms with van der Waals surface area (Å²) >= 11 is 4.49. The number of methoxy groups -OCH3 is 2. The van der Waals surface area contributed by atoms with Crippen LogP contribution in [-0.4, -0.2) is 69.9 Å². The molecule has 12 nitrogen and oxygen atoms in total. The largest absolute Gasteiger partial charge is 0.495 e. The molecule has 4 rings (SSSR count). The summed E-state index contributed by atoms with van der Waals surface area (Å²) in [6.07, 6.45) is 6.57. The fraction of sp³-hybridized carbons (Fsp3) is 0.233. The van der Waals surface area contributed by atoms with Crippen LogP contribution in [0.2, 0.25) is 0 Å². The highest BCUT2D eigenvalue weighted by Crippen LogP contribution is 2.40. The van der Waals surface area contributed by atoms with Gasteiger partial charge in [0.05, 0.1) is 56.8 Å². The normalized spacial score (nSPS) is 10.6. The molecule has 0 bridgehead atoms. The molecule has 0 amide bonds. The van der Waals surface area contributed by atoms with Crippen LogP contribution in [0.15, 0.2) is 119 Å². The Labute approximate surface area is 343 Å². The van der Waals surface area contributed by atoms with Gasteiger partial charge in [0, 0.05) is 34.0 Å². The van der Waals surface area contributed by atoms with E-state index < -0.39 is 17.9 Å². The Morgan fingerprint density at radius 3 is 1.65 bits per heavy atom. The molecule has 0 unspecified atom stereocenters. The van der Waals surface area contributed by atoms with Crippen molar-refractivity contribution in [2.45, 2.75) is 30.6 Å². The first kappa shape index (κ1) is 43.9. The number of esters is 3. The number of hydrogen-bond acceptors (Lipinski definition) is 13. The van der Waals surface area contributed by atoms with Gasteiger partial charge in [-0.2, -0.15) is 0 Å². The summed E-state index contributed by atoms with van der Waals surface area (Å²) in [6, 6.07) is 21.9. The zero-order chi connectivity index (χ0) is 41.0. The lowest BCUT2D eigenvalue weighted by molar-refractivity contribution is -0.138. The van der Waals surface area contributed by atoms with Crippen LogP contribution >= 0.6 is 27.7 Å². The van der Waals surface area contributed by atoms with Gasteiger partial charge in [-0.05, 0) is 132 Å². The van der Waals surface area contributed by atoms with Crippen molar-refractivity contribution in [3.63, 3.8) is 0 Å². The van der Waals surface area contributed by atoms with Crippen molar-refractivity contribution < 1.29 is 52.3 Å². The number of thioether (sulfide) groups is 1. The lowest BCUT2D eigenvalue weighted by atomic mass is 10.2. The molecule has 0 N–H and O–H groups in total. The number of ether oxygens (including phenoxy) is 7. The van der Waals surface area contributed by atoms with E-state index in [9.17, 15) is 19.2 Å². The van der Waals surface area contributed by atoms with Crippen molar-refractivity contribution in [3.8, 4) is 28.7 Å². The lowest BCUT2D eigenvalue weighted by Crippen LogP contribution is -2.08. The molecule has 57 heavy (non-hydrogen) atoms. The minimum absolute atomic E-state index is 0.215. The monoisotopic (exact) mass is 859 g/mol. The van der Waals surface area contributed by atoms with Crippen molar-refractivity contribution >= 4 is 62.6 Å². The van der Waals surface area contributed by atoms with Gasteiger partial charge in [0.2, 0.25) is 5.12 Å². The topological polar surface area (TPSA) is 145 Å². The average Bonchev–Trinajstić information content (AvgIpc) is 3.23. The second-order valence-corrected chi connectivity index (χ2v) is 13.6. The number of unbranched alkanes of at least 4 members (excludes halogenated alkanes) is 2. The van der Waals surface area contributed by atoms with Gasteiger partial charge >= 0.3 is 17.9 Å². The Morgan fingerprint density at radius 1 is 0.667 bits per heavy atom. The van der Waals surface area contributed by atoms with Crippen molar-refractivity contribution in [2.24, 2.45) is 4.99 Å². The van der Waals surface area contributed by atoms with Gasteiger partial charge in [-0.15, -0.1) is 0 Å². The molecule has 4 aromatic rings. The minimum atomic E-state index is -0.538. The SMILES string of the molecule is C=CC(=O)OCCCCOc1ccc(C(=O)Oc2ccc(/N=C/c3cc(OC)c(SC(=O)c4ccc(OCCCCOC(=O)C=C)cc4)c(OC)c3)c(Br)c2)cc1. The fourth-order valence-electron chi connectivity index (χ4n) is 4.82. The number of aliphatic imine (C=N–C) groups is 1. The third-order valence-electron chi connectivity index (χ3n) is 7.78. The number of halogens is 1. The van der Waals surface area contributed by atoms with Crippen LogP contribution in [0, 0.1) is 0 Å². The van der Waals surface area contributed by atoms with E-state index in [0.29, 0.717) is 113 Å². The predicted octanol–water partition coefficient (Wildman–Crippen LogP) is 9.15. The van der Waals surface area contributed by atoms with Crippen LogP contribution in [-0.2, 0) is 19.1 Å². The zero-order valence-corrected chi connectivity index (χ0v) is 33.9. The highest BCUT2D eigenvalue weighted by molar-refractivity contribution is 9.10. The molecule has 0 saturated heterocycles. The summed E-state index contributed by atoms with van der Waals surface area (Å²) in [5, 5.41) is -0.215. The van der Waals surface area contributed by atoms with Gasteiger partial charge in [0.1, 0.15) is 28.7 Å². The van der Waals surface area contributed by atoms with Gasteiger partial charge in [0.25, 0.3) is 0 Å². The minimum Gasteiger partial charge on any atom is -0.495 e. The van der Waals surface area contributed by atoms with Gasteiger partial charge in [-0.3, -0.25) is 9.79 Å². The summed E-state index contributed by atoms with van der Waals surface area (Å²) in [4.78, 5) is 53.4. The summed E-state index contributed by atoms with van der Waals surface area (Å²) in [6.45, 7) is 8.18. The summed E-state index contributed by atoms with van der Waals surface area (Å²) in [7, 11) is 3.02. The molecule has 0 fully saturated rings. The number of rotatable bonds is 22. The highest BCUT2D eigenvalue weighted by atomic mass is 79.9. The van der Waals surface area contributed by atoms with Crippen molar-refractivity contribution in [3.05, 3.63) is 125 Å². The molecule has 0 heterocycles. The van der Waals surface area contributed by atoms with Gasteiger partial charge in [-0.1, -0.05) is 13.2 Å². The van der Waals surface area contributed by atoms with Gasteiger partial charge in [0.15, 0.2) is 0 Å². The number of benzene rings is 4. The Balaban J connectivity index is 1.30. The molecule has 0 radical (unpaired) electrons. The van der Waals surface area contributed by atoms with Crippen LogP contribution in [0.3, 0.4) is 0 Å². The van der Waals surface area contributed by atoms with Crippen molar-refractivity contribution in [2.75, 3.05) is 40.6 Å². The van der Waals surface area contributed by atoms with Crippen LogP contribution in [0.4, 0.5) is 5.69 Å². The van der Waals surface area contributed by atoms with Crippen LogP contribution in [0.5, 0.6) is 28.7 Å². The second-order valence-electron chi connectivity index (χ2n) is 11.8. The average molecular weight is 861 g/mol. The van der Waals surface area contributed by atoms with Crippen LogP contribution in [0.1, 0.15) is 52.0 Å². The smallest absolute Gasteiger partial charge is 0.343 e. The first-order chi connectivity index (χ1) is 27.6. The Morgan fingerprint density at radius 2 is 1.16 bits per heavy atom. The maximum atomic E-state index is 13.3. The zero-order valence-electron chi connectivity index (χ0n) is 31.5. The Kier molecular flexibility index (Phi) is 17.9. The lowest BCUT2D eigenvalue weighted by Gasteiger charge is -2.13. The maximum Gasteiger partial charge on any atom is 0.343 e. The third-order valence-corrected chi connectivity index (χ3v) is 9.44. The van der Waals surface area contributed by atoms with Crippen LogP contribution < -0.4 is 23.7 Å². The molecule has 14 heteroatoms. The van der Waals surface area contributed by atoms with E-state index in [0.717, 1.165) is 23.9 Å². The highest BCUT2D eigenvalue weighted by Gasteiger charge is 2.19. The standard InChI is InChI=1S/C43H42BrNO11S/c1-5-39(46)54-23-9-7-21-52-32-15-11-30(12-16-32)42(48)56-34-19-20-36(35(44)27-34)45-28-29-25-37(50-3)41(38(26-29)51-4)57-43(49)31-13-17-33(18-14-31)53-22-8-10-24-55-40(47)6-2/h5-6,11-20,25-28H,1-2,7-10,21-24H2,3-4H3/b45-28+. The maximum absolute atomic E-state index is 13.3. The predicted molar refractivity (Wildman–Crippen MR) is 221 cm³/mol. The van der Waals surface area contributed by atoms with E-state index >= 15 is 0 Å². The molecule has 298 valence electrons. The summed E-state index contributed by atoms with van der Waals surface area (Å²) in [5.74, 6) is 0.951. The summed E-state index contributed by atoms with van der Waals surface area (Å²) in [5.41, 5.74) is 2.05. The fourth-order valence-corrected chi connectivity index (χ4v) is 6.20. The first-order valence-corrected chi connectivity index (χ1v) is 19.3. The van der Waals surface area contributed by atoms with Gasteiger partial charge < -0.3 is 33.2 Å². The van der Waals surface area contributed by atoms with E-state index in [-0.39, 0.29) is 5.12 Å². The van der Waals surface area contributed by atoms with Crippen LogP contribution in [0.25, 0.3) is 0 Å². The third kappa shape index (κ3) is 14.3. The van der Waals surface area contributed by atoms with E-state index in [2.05, 4.69) is 34.1 Å². The molecule has 0 aliphatic heterocycles. The molecular formula is C43H42BrNO11S. The van der Waals surface area contributed by atoms with E-state index in [4.69, 9.17) is 33.2 Å². The number of nitrogens with zero attached hydrogens (tertiary/aromatic N) is 1. The Bertz CT molecular complexity index is 2020. The van der Waals surface area contributed by atoms with E-state index in [1.54, 1.807) is 85.1 Å².